The number of carbonyl (C=O) groups excluding carboxylic acids is 1. The van der Waals surface area contributed by atoms with E-state index < -0.39 is 0 Å². The summed E-state index contributed by atoms with van der Waals surface area (Å²) in [4.78, 5) is 15.7. The Bertz CT molecular complexity index is 435. The van der Waals surface area contributed by atoms with Crippen molar-refractivity contribution >= 4 is 17.7 Å². The first-order valence-corrected chi connectivity index (χ1v) is 8.23. The van der Waals surface area contributed by atoms with E-state index in [1.165, 1.54) is 29.7 Å². The lowest BCUT2D eigenvalue weighted by atomic mass is 10.1. The van der Waals surface area contributed by atoms with Crippen molar-refractivity contribution in [3.8, 4) is 0 Å². The van der Waals surface area contributed by atoms with Crippen LogP contribution in [-0.2, 0) is 11.2 Å². The van der Waals surface area contributed by atoms with Crippen molar-refractivity contribution in [2.75, 3.05) is 13.1 Å². The second-order valence-electron chi connectivity index (χ2n) is 5.56. The lowest BCUT2D eigenvalue weighted by Crippen LogP contribution is -2.37. The molecule has 1 amide bonds. The molecule has 3 heteroatoms. The Labute approximate surface area is 119 Å². The molecule has 2 aliphatic rings. The first-order valence-electron chi connectivity index (χ1n) is 7.35. The van der Waals surface area contributed by atoms with Crippen molar-refractivity contribution in [1.29, 1.82) is 0 Å². The molecule has 0 aliphatic carbocycles. The number of amides is 1. The average molecular weight is 275 g/mol. The molecule has 1 aromatic rings. The van der Waals surface area contributed by atoms with Crippen LogP contribution in [0, 0.1) is 0 Å². The van der Waals surface area contributed by atoms with E-state index in [9.17, 15) is 4.79 Å². The fourth-order valence-electron chi connectivity index (χ4n) is 3.01. The molecule has 2 nitrogen and oxygen atoms in total. The molecule has 0 radical (unpaired) electrons. The molecule has 1 aromatic carbocycles. The maximum atomic E-state index is 12.1. The van der Waals surface area contributed by atoms with Crippen LogP contribution < -0.4 is 0 Å². The number of hydrogen-bond acceptors (Lipinski definition) is 2. The number of thioether (sulfide) groups is 1. The van der Waals surface area contributed by atoms with Gasteiger partial charge in [0.1, 0.15) is 0 Å². The fourth-order valence-corrected chi connectivity index (χ4v) is 4.35. The zero-order valence-corrected chi connectivity index (χ0v) is 12.1. The van der Waals surface area contributed by atoms with E-state index in [1.54, 1.807) is 0 Å². The van der Waals surface area contributed by atoms with Crippen LogP contribution in [0.5, 0.6) is 0 Å². The number of likely N-dealkylation sites (tertiary alicyclic amines) is 1. The molecule has 19 heavy (non-hydrogen) atoms. The predicted molar refractivity (Wildman–Crippen MR) is 79.5 cm³/mol. The van der Waals surface area contributed by atoms with Gasteiger partial charge in [0.2, 0.25) is 5.91 Å². The Morgan fingerprint density at radius 2 is 2.00 bits per heavy atom. The smallest absolute Gasteiger partial charge is 0.222 e. The third kappa shape index (κ3) is 3.14. The molecule has 1 atom stereocenters. The van der Waals surface area contributed by atoms with Crippen LogP contribution in [0.2, 0.25) is 0 Å². The maximum Gasteiger partial charge on any atom is 0.222 e. The van der Waals surface area contributed by atoms with Gasteiger partial charge in [0.15, 0.2) is 0 Å². The van der Waals surface area contributed by atoms with Gasteiger partial charge >= 0.3 is 0 Å². The minimum absolute atomic E-state index is 0.372. The highest BCUT2D eigenvalue weighted by Crippen LogP contribution is 2.37. The van der Waals surface area contributed by atoms with Crippen LogP contribution in [0.4, 0.5) is 0 Å². The summed E-state index contributed by atoms with van der Waals surface area (Å²) in [7, 11) is 0. The molecule has 0 spiro atoms. The number of rotatable bonds is 2. The van der Waals surface area contributed by atoms with E-state index >= 15 is 0 Å². The number of nitrogens with zero attached hydrogens (tertiary/aromatic N) is 1. The third-order valence-corrected chi connectivity index (χ3v) is 5.36. The summed E-state index contributed by atoms with van der Waals surface area (Å²) in [6.45, 7) is 1.89. The van der Waals surface area contributed by atoms with Crippen LogP contribution >= 0.6 is 11.8 Å². The van der Waals surface area contributed by atoms with Gasteiger partial charge in [-0.15, -0.1) is 11.8 Å². The summed E-state index contributed by atoms with van der Waals surface area (Å²) in [6.07, 6.45) is 6.63. The first kappa shape index (κ1) is 13.0. The quantitative estimate of drug-likeness (QED) is 0.823. The van der Waals surface area contributed by atoms with Crippen molar-refractivity contribution in [2.45, 2.75) is 48.7 Å². The molecule has 3 rings (SSSR count). The number of hydrogen-bond donors (Lipinski definition) is 0. The molecule has 2 aliphatic heterocycles. The van der Waals surface area contributed by atoms with Gasteiger partial charge in [-0.3, -0.25) is 4.79 Å². The zero-order chi connectivity index (χ0) is 13.1. The highest BCUT2D eigenvalue weighted by atomic mass is 32.2. The Morgan fingerprint density at radius 3 is 2.89 bits per heavy atom. The van der Waals surface area contributed by atoms with Gasteiger partial charge in [-0.2, -0.15) is 0 Å². The summed E-state index contributed by atoms with van der Waals surface area (Å²) in [5, 5.41) is 0.556. The molecule has 102 valence electrons. The molecule has 1 saturated heterocycles. The molecule has 0 saturated carbocycles. The van der Waals surface area contributed by atoms with E-state index in [2.05, 4.69) is 29.2 Å². The number of fused-ring (bicyclic) bond motifs is 1. The maximum absolute atomic E-state index is 12.1. The molecule has 1 unspecified atom stereocenters. The Balaban J connectivity index is 1.61. The Kier molecular flexibility index (Phi) is 4.12. The summed E-state index contributed by atoms with van der Waals surface area (Å²) in [6, 6.07) is 8.64. The van der Waals surface area contributed by atoms with E-state index in [0.717, 1.165) is 32.4 Å². The third-order valence-electron chi connectivity index (χ3n) is 4.06. The van der Waals surface area contributed by atoms with E-state index in [4.69, 9.17) is 0 Å². The highest BCUT2D eigenvalue weighted by Gasteiger charge is 2.26. The molecule has 0 aromatic heterocycles. The highest BCUT2D eigenvalue weighted by molar-refractivity contribution is 8.00. The normalized spacial score (nSPS) is 23.9. The van der Waals surface area contributed by atoms with Gasteiger partial charge < -0.3 is 4.90 Å². The zero-order valence-electron chi connectivity index (χ0n) is 11.3. The summed E-state index contributed by atoms with van der Waals surface area (Å²) >= 11 is 1.95. The molecular weight excluding hydrogens is 254 g/mol. The van der Waals surface area contributed by atoms with Gasteiger partial charge in [-0.1, -0.05) is 31.0 Å². The molecular formula is C16H21NOS. The van der Waals surface area contributed by atoms with Crippen LogP contribution in [0.15, 0.2) is 29.2 Å². The number of benzene rings is 1. The Hall–Kier alpha value is -0.960. The fraction of sp³-hybridized carbons (Fsp3) is 0.562. The lowest BCUT2D eigenvalue weighted by molar-refractivity contribution is -0.131. The van der Waals surface area contributed by atoms with Crippen LogP contribution in [0.25, 0.3) is 0 Å². The van der Waals surface area contributed by atoms with E-state index in [-0.39, 0.29) is 0 Å². The van der Waals surface area contributed by atoms with Crippen LogP contribution in [0.1, 0.15) is 37.7 Å². The van der Waals surface area contributed by atoms with Crippen molar-refractivity contribution in [3.05, 3.63) is 29.8 Å². The standard InChI is InChI=1S/C16H21NOS/c18-16-9-3-1-2-6-10-17(16)12-14-11-13-7-4-5-8-15(13)19-14/h4-5,7-8,14H,1-3,6,9-12H2. The van der Waals surface area contributed by atoms with Crippen LogP contribution in [-0.4, -0.2) is 29.1 Å². The second kappa shape index (κ2) is 6.00. The van der Waals surface area contributed by atoms with E-state index in [0.29, 0.717) is 11.2 Å². The molecule has 2 heterocycles. The number of carbonyl (C=O) groups is 1. The summed E-state index contributed by atoms with van der Waals surface area (Å²) < 4.78 is 0. The topological polar surface area (TPSA) is 20.3 Å². The first-order chi connectivity index (χ1) is 9.33. The summed E-state index contributed by atoms with van der Waals surface area (Å²) in [5.74, 6) is 0.372. The molecule has 1 fully saturated rings. The summed E-state index contributed by atoms with van der Waals surface area (Å²) in [5.41, 5.74) is 1.46. The van der Waals surface area contributed by atoms with Crippen molar-refractivity contribution in [3.63, 3.8) is 0 Å². The van der Waals surface area contributed by atoms with E-state index in [1.807, 2.05) is 11.8 Å². The minimum atomic E-state index is 0.372. The van der Waals surface area contributed by atoms with Gasteiger partial charge in [0, 0.05) is 29.7 Å². The predicted octanol–water partition coefficient (Wildman–Crippen LogP) is 3.50. The average Bonchev–Trinajstić information content (AvgIpc) is 2.81. The van der Waals surface area contributed by atoms with Gasteiger partial charge in [-0.05, 0) is 30.9 Å². The van der Waals surface area contributed by atoms with Crippen LogP contribution in [0.3, 0.4) is 0 Å². The van der Waals surface area contributed by atoms with Crippen molar-refractivity contribution in [1.82, 2.24) is 4.90 Å². The van der Waals surface area contributed by atoms with Gasteiger partial charge in [-0.25, -0.2) is 0 Å². The monoisotopic (exact) mass is 275 g/mol. The van der Waals surface area contributed by atoms with Crippen molar-refractivity contribution in [2.24, 2.45) is 0 Å². The van der Waals surface area contributed by atoms with Gasteiger partial charge in [0.25, 0.3) is 0 Å². The molecule has 0 N–H and O–H groups in total. The molecule has 0 bridgehead atoms. The Morgan fingerprint density at radius 1 is 1.16 bits per heavy atom. The van der Waals surface area contributed by atoms with Gasteiger partial charge in [0.05, 0.1) is 0 Å². The second-order valence-corrected chi connectivity index (χ2v) is 6.90. The van der Waals surface area contributed by atoms with Crippen molar-refractivity contribution < 1.29 is 4.79 Å². The largest absolute Gasteiger partial charge is 0.342 e. The lowest BCUT2D eigenvalue weighted by Gasteiger charge is -2.27. The minimum Gasteiger partial charge on any atom is -0.342 e. The SMILES string of the molecule is O=C1CCCCCCN1CC1Cc2ccccc2S1.